The van der Waals surface area contributed by atoms with Gasteiger partial charge in [-0.25, -0.2) is 4.79 Å². The molecule has 0 saturated carbocycles. The standard InChI is InChI=1S/C18H28N6O3/c1-4-6-10-22(17(26)13(3)24-12-8-9-20-24)14-15(19)23(11-7-5-2)18(27)21-16(14)25/h8-9,12-13H,4-7,10-11,19H2,1-3H3,(H,21,25,27). The molecule has 0 aliphatic carbocycles. The zero-order valence-electron chi connectivity index (χ0n) is 16.1. The fourth-order valence-corrected chi connectivity index (χ4v) is 2.87. The van der Waals surface area contributed by atoms with Crippen LogP contribution in [-0.2, 0) is 11.3 Å². The molecule has 0 spiro atoms. The maximum Gasteiger partial charge on any atom is 0.330 e. The molecule has 0 radical (unpaired) electrons. The normalized spacial score (nSPS) is 12.1. The Hall–Kier alpha value is -2.84. The lowest BCUT2D eigenvalue weighted by molar-refractivity contribution is -0.121. The van der Waals surface area contributed by atoms with Gasteiger partial charge in [-0.15, -0.1) is 0 Å². The molecule has 1 amide bonds. The van der Waals surface area contributed by atoms with E-state index in [1.54, 1.807) is 25.4 Å². The van der Waals surface area contributed by atoms with E-state index in [-0.39, 0.29) is 17.4 Å². The molecule has 0 saturated heterocycles. The molecule has 3 N–H and O–H groups in total. The summed E-state index contributed by atoms with van der Waals surface area (Å²) >= 11 is 0. The van der Waals surface area contributed by atoms with Gasteiger partial charge in [0, 0.05) is 25.5 Å². The smallest absolute Gasteiger partial charge is 0.330 e. The molecule has 0 aliphatic heterocycles. The van der Waals surface area contributed by atoms with Gasteiger partial charge in [0.2, 0.25) is 0 Å². The maximum atomic E-state index is 13.1. The number of H-pyrrole nitrogens is 1. The van der Waals surface area contributed by atoms with Crippen LogP contribution in [0.1, 0.15) is 52.5 Å². The number of aromatic amines is 1. The summed E-state index contributed by atoms with van der Waals surface area (Å²) < 4.78 is 2.85. The Balaban J connectivity index is 2.51. The van der Waals surface area contributed by atoms with Crippen molar-refractivity contribution in [3.63, 3.8) is 0 Å². The van der Waals surface area contributed by atoms with Gasteiger partial charge < -0.3 is 10.6 Å². The van der Waals surface area contributed by atoms with Crippen LogP contribution in [0, 0.1) is 0 Å². The minimum Gasteiger partial charge on any atom is -0.383 e. The monoisotopic (exact) mass is 376 g/mol. The zero-order valence-corrected chi connectivity index (χ0v) is 16.1. The number of carbonyl (C=O) groups excluding carboxylic acids is 1. The Morgan fingerprint density at radius 2 is 2.00 bits per heavy atom. The van der Waals surface area contributed by atoms with Crippen LogP contribution in [0.5, 0.6) is 0 Å². The Labute approximate surface area is 157 Å². The van der Waals surface area contributed by atoms with Crippen molar-refractivity contribution in [2.24, 2.45) is 0 Å². The summed E-state index contributed by atoms with van der Waals surface area (Å²) in [5, 5.41) is 4.11. The maximum absolute atomic E-state index is 13.1. The molecule has 0 aromatic carbocycles. The zero-order chi connectivity index (χ0) is 20.0. The van der Waals surface area contributed by atoms with Crippen molar-refractivity contribution in [1.29, 1.82) is 0 Å². The van der Waals surface area contributed by atoms with E-state index in [1.807, 2.05) is 13.8 Å². The quantitative estimate of drug-likeness (QED) is 0.687. The van der Waals surface area contributed by atoms with Crippen molar-refractivity contribution < 1.29 is 4.79 Å². The number of unbranched alkanes of at least 4 members (excludes halogenated alkanes) is 2. The summed E-state index contributed by atoms with van der Waals surface area (Å²) in [5.74, 6) is -0.278. The molecule has 1 atom stereocenters. The molecular weight excluding hydrogens is 348 g/mol. The summed E-state index contributed by atoms with van der Waals surface area (Å²) in [6, 6.07) is 1.12. The molecule has 9 nitrogen and oxygen atoms in total. The van der Waals surface area contributed by atoms with Crippen molar-refractivity contribution in [3.05, 3.63) is 39.3 Å². The van der Waals surface area contributed by atoms with Crippen LogP contribution in [0.15, 0.2) is 28.0 Å². The first kappa shape index (κ1) is 20.5. The van der Waals surface area contributed by atoms with Crippen LogP contribution < -0.4 is 21.9 Å². The number of aromatic nitrogens is 4. The van der Waals surface area contributed by atoms with Crippen molar-refractivity contribution in [3.8, 4) is 0 Å². The number of rotatable bonds is 9. The molecule has 0 bridgehead atoms. The first-order valence-electron chi connectivity index (χ1n) is 9.35. The minimum atomic E-state index is -0.651. The van der Waals surface area contributed by atoms with Gasteiger partial charge in [-0.2, -0.15) is 5.10 Å². The van der Waals surface area contributed by atoms with E-state index in [4.69, 9.17) is 5.73 Å². The first-order valence-corrected chi connectivity index (χ1v) is 9.35. The van der Waals surface area contributed by atoms with Crippen LogP contribution in [0.3, 0.4) is 0 Å². The third-order valence-electron chi connectivity index (χ3n) is 4.50. The van der Waals surface area contributed by atoms with E-state index in [2.05, 4.69) is 10.1 Å². The van der Waals surface area contributed by atoms with Gasteiger partial charge in [0.05, 0.1) is 0 Å². The molecular formula is C18H28N6O3. The number of nitrogen functional groups attached to an aromatic ring is 1. The highest BCUT2D eigenvalue weighted by Crippen LogP contribution is 2.21. The second-order valence-electron chi connectivity index (χ2n) is 6.50. The number of hydrogen-bond donors (Lipinski definition) is 2. The van der Waals surface area contributed by atoms with E-state index in [9.17, 15) is 14.4 Å². The Morgan fingerprint density at radius 1 is 1.30 bits per heavy atom. The highest BCUT2D eigenvalue weighted by atomic mass is 16.2. The average molecular weight is 376 g/mol. The molecule has 27 heavy (non-hydrogen) atoms. The fraction of sp³-hybridized carbons (Fsp3) is 0.556. The number of nitrogens with two attached hydrogens (primary N) is 1. The van der Waals surface area contributed by atoms with Gasteiger partial charge in [0.1, 0.15) is 11.9 Å². The van der Waals surface area contributed by atoms with E-state index in [0.717, 1.165) is 19.3 Å². The van der Waals surface area contributed by atoms with Gasteiger partial charge in [-0.3, -0.25) is 23.8 Å². The number of nitrogens with one attached hydrogen (secondary N) is 1. The van der Waals surface area contributed by atoms with Gasteiger partial charge >= 0.3 is 5.69 Å². The third kappa shape index (κ3) is 4.47. The van der Waals surface area contributed by atoms with Crippen LogP contribution in [0.2, 0.25) is 0 Å². The van der Waals surface area contributed by atoms with E-state index < -0.39 is 17.3 Å². The number of hydrogen-bond acceptors (Lipinski definition) is 5. The Kier molecular flexibility index (Phi) is 6.98. The predicted octanol–water partition coefficient (Wildman–Crippen LogP) is 1.51. The lowest BCUT2D eigenvalue weighted by Gasteiger charge is -2.27. The summed E-state index contributed by atoms with van der Waals surface area (Å²) in [5.41, 5.74) is 5.00. The van der Waals surface area contributed by atoms with Crippen LogP contribution in [0.4, 0.5) is 11.5 Å². The number of carbonyl (C=O) groups is 1. The summed E-state index contributed by atoms with van der Waals surface area (Å²) in [6.45, 7) is 6.42. The van der Waals surface area contributed by atoms with Crippen molar-refractivity contribution in [2.75, 3.05) is 17.2 Å². The van der Waals surface area contributed by atoms with Gasteiger partial charge in [-0.1, -0.05) is 26.7 Å². The number of amides is 1. The molecule has 9 heteroatoms. The average Bonchev–Trinajstić information content (AvgIpc) is 3.17. The summed E-state index contributed by atoms with van der Waals surface area (Å²) in [4.78, 5) is 41.5. The molecule has 148 valence electrons. The first-order chi connectivity index (χ1) is 12.9. The third-order valence-corrected chi connectivity index (χ3v) is 4.50. The second-order valence-corrected chi connectivity index (χ2v) is 6.50. The topological polar surface area (TPSA) is 119 Å². The molecule has 2 aromatic heterocycles. The molecule has 2 heterocycles. The van der Waals surface area contributed by atoms with Crippen LogP contribution in [-0.4, -0.2) is 31.8 Å². The van der Waals surface area contributed by atoms with E-state index >= 15 is 0 Å². The lowest BCUT2D eigenvalue weighted by atomic mass is 10.2. The Morgan fingerprint density at radius 3 is 2.59 bits per heavy atom. The fourth-order valence-electron chi connectivity index (χ4n) is 2.87. The van der Waals surface area contributed by atoms with Crippen molar-refractivity contribution in [2.45, 2.75) is 59.0 Å². The van der Waals surface area contributed by atoms with Crippen LogP contribution >= 0.6 is 0 Å². The van der Waals surface area contributed by atoms with Crippen molar-refractivity contribution in [1.82, 2.24) is 19.3 Å². The minimum absolute atomic E-state index is 0.0225. The largest absolute Gasteiger partial charge is 0.383 e. The SMILES string of the molecule is CCCCN(C(=O)C(C)n1cccn1)c1c(N)n(CCCC)c(=O)[nH]c1=O. The van der Waals surface area contributed by atoms with Gasteiger partial charge in [-0.05, 0) is 25.8 Å². The number of anilines is 2. The van der Waals surface area contributed by atoms with Crippen LogP contribution in [0.25, 0.3) is 0 Å². The molecule has 2 aromatic rings. The summed E-state index contributed by atoms with van der Waals surface area (Å²) in [7, 11) is 0. The molecule has 2 rings (SSSR count). The lowest BCUT2D eigenvalue weighted by Crippen LogP contribution is -2.44. The van der Waals surface area contributed by atoms with Gasteiger partial charge in [0.15, 0.2) is 5.69 Å². The van der Waals surface area contributed by atoms with Gasteiger partial charge in [0.25, 0.3) is 11.5 Å². The molecule has 0 fully saturated rings. The van der Waals surface area contributed by atoms with E-state index in [0.29, 0.717) is 19.5 Å². The van der Waals surface area contributed by atoms with E-state index in [1.165, 1.54) is 14.1 Å². The Bertz CT molecular complexity index is 868. The van der Waals surface area contributed by atoms with Crippen molar-refractivity contribution >= 4 is 17.4 Å². The predicted molar refractivity (Wildman–Crippen MR) is 105 cm³/mol. The second kappa shape index (κ2) is 9.20. The number of nitrogens with zero attached hydrogens (tertiary/aromatic N) is 4. The molecule has 1 unspecified atom stereocenters. The highest BCUT2D eigenvalue weighted by Gasteiger charge is 2.28. The highest BCUT2D eigenvalue weighted by molar-refractivity contribution is 5.97. The molecule has 0 aliphatic rings. The summed E-state index contributed by atoms with van der Waals surface area (Å²) in [6.07, 6.45) is 6.43.